The summed E-state index contributed by atoms with van der Waals surface area (Å²) < 4.78 is 5.43. The van der Waals surface area contributed by atoms with Gasteiger partial charge in [-0.25, -0.2) is 0 Å². The van der Waals surface area contributed by atoms with Gasteiger partial charge >= 0.3 is 0 Å². The molecule has 16 heavy (non-hydrogen) atoms. The van der Waals surface area contributed by atoms with Crippen LogP contribution in [0.1, 0.15) is 20.3 Å². The zero-order valence-corrected chi connectivity index (χ0v) is 11.7. The van der Waals surface area contributed by atoms with Crippen molar-refractivity contribution in [3.8, 4) is 0 Å². The Labute approximate surface area is 104 Å². The molecule has 0 spiro atoms. The summed E-state index contributed by atoms with van der Waals surface area (Å²) in [5, 5.41) is 0. The molecule has 1 unspecified atom stereocenters. The van der Waals surface area contributed by atoms with E-state index in [0.29, 0.717) is 12.5 Å². The highest BCUT2D eigenvalue weighted by molar-refractivity contribution is 7.99. The van der Waals surface area contributed by atoms with Crippen molar-refractivity contribution in [2.24, 2.45) is 11.7 Å². The van der Waals surface area contributed by atoms with Crippen molar-refractivity contribution >= 4 is 11.8 Å². The van der Waals surface area contributed by atoms with E-state index in [1.165, 1.54) is 17.9 Å². The van der Waals surface area contributed by atoms with Crippen molar-refractivity contribution in [2.75, 3.05) is 44.9 Å². The highest BCUT2D eigenvalue weighted by Gasteiger charge is 2.38. The predicted molar refractivity (Wildman–Crippen MR) is 72.0 cm³/mol. The molecule has 1 rings (SSSR count). The summed E-state index contributed by atoms with van der Waals surface area (Å²) >= 11 is 2.05. The SMILES string of the molecule is COCC(CN)(C(C)C)N1CCCSCC1. The summed E-state index contributed by atoms with van der Waals surface area (Å²) in [5.41, 5.74) is 6.08. The summed E-state index contributed by atoms with van der Waals surface area (Å²) in [6.45, 7) is 8.23. The van der Waals surface area contributed by atoms with Crippen molar-refractivity contribution in [3.05, 3.63) is 0 Å². The summed E-state index contributed by atoms with van der Waals surface area (Å²) in [5.74, 6) is 3.03. The van der Waals surface area contributed by atoms with E-state index < -0.39 is 0 Å². The number of methoxy groups -OCH3 is 1. The van der Waals surface area contributed by atoms with Gasteiger partial charge in [-0.1, -0.05) is 13.8 Å². The van der Waals surface area contributed by atoms with Crippen LogP contribution < -0.4 is 5.73 Å². The Bertz CT molecular complexity index is 193. The normalized spacial score (nSPS) is 23.1. The van der Waals surface area contributed by atoms with Crippen LogP contribution in [-0.4, -0.2) is 55.3 Å². The lowest BCUT2D eigenvalue weighted by atomic mass is 9.85. The van der Waals surface area contributed by atoms with Gasteiger partial charge in [0.15, 0.2) is 0 Å². The van der Waals surface area contributed by atoms with Gasteiger partial charge in [0.2, 0.25) is 0 Å². The molecule has 2 N–H and O–H groups in total. The number of rotatable bonds is 5. The Balaban J connectivity index is 2.79. The van der Waals surface area contributed by atoms with E-state index in [0.717, 1.165) is 19.7 Å². The molecule has 1 atom stereocenters. The Morgan fingerprint density at radius 1 is 1.38 bits per heavy atom. The standard InChI is InChI=1S/C12H26N2OS/c1-11(2)12(9-13,10-15-3)14-5-4-7-16-8-6-14/h11H,4-10,13H2,1-3H3. The highest BCUT2D eigenvalue weighted by Crippen LogP contribution is 2.27. The van der Waals surface area contributed by atoms with E-state index in [4.69, 9.17) is 10.5 Å². The lowest BCUT2D eigenvalue weighted by molar-refractivity contribution is -0.0120. The number of thioether (sulfide) groups is 1. The summed E-state index contributed by atoms with van der Waals surface area (Å²) in [6.07, 6.45) is 1.27. The zero-order valence-electron chi connectivity index (χ0n) is 10.9. The second kappa shape index (κ2) is 6.84. The molecule has 0 aromatic carbocycles. The Hall–Kier alpha value is 0.230. The Kier molecular flexibility index (Phi) is 6.11. The van der Waals surface area contributed by atoms with Gasteiger partial charge < -0.3 is 10.5 Å². The van der Waals surface area contributed by atoms with Crippen LogP contribution in [0.3, 0.4) is 0 Å². The van der Waals surface area contributed by atoms with Gasteiger partial charge in [-0.3, -0.25) is 4.90 Å². The van der Waals surface area contributed by atoms with Crippen LogP contribution in [0.25, 0.3) is 0 Å². The third-order valence-electron chi connectivity index (χ3n) is 3.67. The van der Waals surface area contributed by atoms with Crippen molar-refractivity contribution in [1.82, 2.24) is 4.90 Å². The maximum Gasteiger partial charge on any atom is 0.0661 e. The second-order valence-corrected chi connectivity index (χ2v) is 6.07. The van der Waals surface area contributed by atoms with Gasteiger partial charge in [-0.2, -0.15) is 11.8 Å². The molecule has 1 heterocycles. The fourth-order valence-electron chi connectivity index (χ4n) is 2.49. The first-order valence-electron chi connectivity index (χ1n) is 6.19. The molecule has 0 bridgehead atoms. The van der Waals surface area contributed by atoms with E-state index in [2.05, 4.69) is 30.5 Å². The molecule has 1 saturated heterocycles. The number of nitrogens with two attached hydrogens (primary N) is 1. The second-order valence-electron chi connectivity index (χ2n) is 4.85. The molecule has 1 aliphatic rings. The molecule has 1 aliphatic heterocycles. The van der Waals surface area contributed by atoms with Gasteiger partial charge in [0, 0.05) is 26.0 Å². The average Bonchev–Trinajstić information content (AvgIpc) is 2.54. The number of hydrogen-bond acceptors (Lipinski definition) is 4. The van der Waals surface area contributed by atoms with Gasteiger partial charge in [-0.05, 0) is 24.6 Å². The van der Waals surface area contributed by atoms with E-state index >= 15 is 0 Å². The highest BCUT2D eigenvalue weighted by atomic mass is 32.2. The minimum Gasteiger partial charge on any atom is -0.383 e. The molecule has 0 radical (unpaired) electrons. The van der Waals surface area contributed by atoms with Crippen LogP contribution in [0, 0.1) is 5.92 Å². The number of nitrogens with zero attached hydrogens (tertiary/aromatic N) is 1. The van der Waals surface area contributed by atoms with Crippen LogP contribution in [0.2, 0.25) is 0 Å². The molecule has 0 aromatic rings. The summed E-state index contributed by atoms with van der Waals surface area (Å²) in [4.78, 5) is 2.56. The van der Waals surface area contributed by atoms with Crippen molar-refractivity contribution in [1.29, 1.82) is 0 Å². The fourth-order valence-corrected chi connectivity index (χ4v) is 3.38. The van der Waals surface area contributed by atoms with E-state index in [1.54, 1.807) is 7.11 Å². The van der Waals surface area contributed by atoms with Crippen LogP contribution in [-0.2, 0) is 4.74 Å². The zero-order chi connectivity index (χ0) is 12.0. The van der Waals surface area contributed by atoms with Gasteiger partial charge in [0.25, 0.3) is 0 Å². The third kappa shape index (κ3) is 3.13. The van der Waals surface area contributed by atoms with Crippen molar-refractivity contribution in [3.63, 3.8) is 0 Å². The summed E-state index contributed by atoms with van der Waals surface area (Å²) in [6, 6.07) is 0. The topological polar surface area (TPSA) is 38.5 Å². The maximum atomic E-state index is 6.05. The average molecular weight is 246 g/mol. The molecule has 1 fully saturated rings. The van der Waals surface area contributed by atoms with Gasteiger partial charge in [-0.15, -0.1) is 0 Å². The predicted octanol–water partition coefficient (Wildman–Crippen LogP) is 1.43. The van der Waals surface area contributed by atoms with E-state index in [9.17, 15) is 0 Å². The first-order valence-corrected chi connectivity index (χ1v) is 7.34. The lowest BCUT2D eigenvalue weighted by Crippen LogP contribution is -2.60. The largest absolute Gasteiger partial charge is 0.383 e. The molecule has 0 aromatic heterocycles. The van der Waals surface area contributed by atoms with Crippen LogP contribution >= 0.6 is 11.8 Å². The van der Waals surface area contributed by atoms with Crippen LogP contribution in [0.4, 0.5) is 0 Å². The quantitative estimate of drug-likeness (QED) is 0.796. The number of hydrogen-bond donors (Lipinski definition) is 1. The Morgan fingerprint density at radius 3 is 2.69 bits per heavy atom. The molecule has 3 nitrogen and oxygen atoms in total. The molecular formula is C12H26N2OS. The molecule has 0 saturated carbocycles. The maximum absolute atomic E-state index is 6.05. The third-order valence-corrected chi connectivity index (χ3v) is 4.72. The van der Waals surface area contributed by atoms with E-state index in [-0.39, 0.29) is 5.54 Å². The molecular weight excluding hydrogens is 220 g/mol. The Morgan fingerprint density at radius 2 is 2.12 bits per heavy atom. The van der Waals surface area contributed by atoms with Gasteiger partial charge in [0.1, 0.15) is 0 Å². The summed E-state index contributed by atoms with van der Waals surface area (Å²) in [7, 11) is 1.78. The molecule has 0 aliphatic carbocycles. The lowest BCUT2D eigenvalue weighted by Gasteiger charge is -2.45. The first kappa shape index (κ1) is 14.3. The van der Waals surface area contributed by atoms with Gasteiger partial charge in [0.05, 0.1) is 12.1 Å². The number of ether oxygens (including phenoxy) is 1. The minimum atomic E-state index is 0.0274. The van der Waals surface area contributed by atoms with Crippen LogP contribution in [0.5, 0.6) is 0 Å². The van der Waals surface area contributed by atoms with Crippen LogP contribution in [0.15, 0.2) is 0 Å². The smallest absolute Gasteiger partial charge is 0.0661 e. The van der Waals surface area contributed by atoms with Crippen molar-refractivity contribution in [2.45, 2.75) is 25.8 Å². The molecule has 0 amide bonds. The monoisotopic (exact) mass is 246 g/mol. The molecule has 96 valence electrons. The van der Waals surface area contributed by atoms with Crippen molar-refractivity contribution < 1.29 is 4.74 Å². The van der Waals surface area contributed by atoms with E-state index in [1.807, 2.05) is 0 Å². The molecule has 4 heteroatoms. The first-order chi connectivity index (χ1) is 7.67. The fraction of sp³-hybridized carbons (Fsp3) is 1.00. The minimum absolute atomic E-state index is 0.0274.